The Morgan fingerprint density at radius 1 is 1.45 bits per heavy atom. The van der Waals surface area contributed by atoms with E-state index in [4.69, 9.17) is 10.4 Å². The standard InChI is InChI=1S/C15H14N2O3/c16-9-12-3-1-2-11(8-12)4-5-13(18)17-10-15(6-7-15)14(19)20/h1-5,8H,6-7,10H2,(H,17,18)(H,19,20)/b5-4+. The van der Waals surface area contributed by atoms with Gasteiger partial charge < -0.3 is 10.4 Å². The predicted molar refractivity (Wildman–Crippen MR) is 72.5 cm³/mol. The molecule has 20 heavy (non-hydrogen) atoms. The molecular weight excluding hydrogens is 256 g/mol. The van der Waals surface area contributed by atoms with Gasteiger partial charge in [0, 0.05) is 12.6 Å². The van der Waals surface area contributed by atoms with Gasteiger partial charge in [-0.15, -0.1) is 0 Å². The number of aliphatic carboxylic acids is 1. The van der Waals surface area contributed by atoms with Crippen LogP contribution < -0.4 is 5.32 Å². The first-order valence-electron chi connectivity index (χ1n) is 6.25. The van der Waals surface area contributed by atoms with Crippen LogP contribution in [0.25, 0.3) is 6.08 Å². The van der Waals surface area contributed by atoms with Crippen molar-refractivity contribution in [1.29, 1.82) is 5.26 Å². The number of rotatable bonds is 5. The fraction of sp³-hybridized carbons (Fsp3) is 0.267. The summed E-state index contributed by atoms with van der Waals surface area (Å²) in [4.78, 5) is 22.6. The average molecular weight is 270 g/mol. The maximum atomic E-state index is 11.6. The molecule has 1 aliphatic rings. The Bertz CT molecular complexity index is 610. The number of hydrogen-bond donors (Lipinski definition) is 2. The van der Waals surface area contributed by atoms with Gasteiger partial charge in [0.15, 0.2) is 0 Å². The maximum absolute atomic E-state index is 11.6. The van der Waals surface area contributed by atoms with E-state index in [2.05, 4.69) is 5.32 Å². The van der Waals surface area contributed by atoms with E-state index in [-0.39, 0.29) is 12.5 Å². The molecule has 0 aromatic heterocycles. The number of carbonyl (C=O) groups is 2. The number of carbonyl (C=O) groups excluding carboxylic acids is 1. The summed E-state index contributed by atoms with van der Waals surface area (Å²) in [5, 5.41) is 20.3. The molecule has 2 rings (SSSR count). The zero-order valence-corrected chi connectivity index (χ0v) is 10.8. The third kappa shape index (κ3) is 3.23. The topological polar surface area (TPSA) is 90.2 Å². The van der Waals surface area contributed by atoms with Crippen LogP contribution in [0.2, 0.25) is 0 Å². The van der Waals surface area contributed by atoms with Gasteiger partial charge in [-0.2, -0.15) is 5.26 Å². The smallest absolute Gasteiger partial charge is 0.311 e. The Morgan fingerprint density at radius 2 is 2.20 bits per heavy atom. The summed E-state index contributed by atoms with van der Waals surface area (Å²) in [5.41, 5.74) is 0.512. The molecule has 5 nitrogen and oxygen atoms in total. The molecule has 0 atom stereocenters. The van der Waals surface area contributed by atoms with Crippen LogP contribution in [-0.4, -0.2) is 23.5 Å². The molecule has 1 aromatic carbocycles. The van der Waals surface area contributed by atoms with Crippen LogP contribution in [0.15, 0.2) is 30.3 Å². The first kappa shape index (κ1) is 13.8. The van der Waals surface area contributed by atoms with Crippen LogP contribution in [0, 0.1) is 16.7 Å². The highest BCUT2D eigenvalue weighted by molar-refractivity contribution is 5.92. The van der Waals surface area contributed by atoms with Crippen molar-refractivity contribution in [3.63, 3.8) is 0 Å². The number of nitrogens with one attached hydrogen (secondary N) is 1. The van der Waals surface area contributed by atoms with Gasteiger partial charge in [0.1, 0.15) is 0 Å². The molecule has 0 spiro atoms. The summed E-state index contributed by atoms with van der Waals surface area (Å²) < 4.78 is 0. The average Bonchev–Trinajstić information content (AvgIpc) is 3.24. The molecule has 1 aromatic rings. The molecule has 1 saturated carbocycles. The quantitative estimate of drug-likeness (QED) is 0.794. The molecule has 0 aliphatic heterocycles. The predicted octanol–water partition coefficient (Wildman–Crippen LogP) is 1.55. The van der Waals surface area contributed by atoms with E-state index >= 15 is 0 Å². The summed E-state index contributed by atoms with van der Waals surface area (Å²) >= 11 is 0. The Labute approximate surface area is 116 Å². The van der Waals surface area contributed by atoms with Crippen molar-refractivity contribution in [3.05, 3.63) is 41.5 Å². The molecule has 5 heteroatoms. The maximum Gasteiger partial charge on any atom is 0.311 e. The number of nitriles is 1. The second-order valence-electron chi connectivity index (χ2n) is 4.87. The Kier molecular flexibility index (Phi) is 3.85. The van der Waals surface area contributed by atoms with Gasteiger partial charge in [-0.05, 0) is 36.6 Å². The zero-order chi connectivity index (χ0) is 14.6. The van der Waals surface area contributed by atoms with Gasteiger partial charge in [-0.3, -0.25) is 9.59 Å². The summed E-state index contributed by atoms with van der Waals surface area (Å²) in [7, 11) is 0. The first-order chi connectivity index (χ1) is 9.55. The van der Waals surface area contributed by atoms with Gasteiger partial charge in [0.05, 0.1) is 17.0 Å². The van der Waals surface area contributed by atoms with Gasteiger partial charge in [0.25, 0.3) is 0 Å². The van der Waals surface area contributed by atoms with Crippen LogP contribution in [0.3, 0.4) is 0 Å². The molecule has 0 unspecified atom stereocenters. The van der Waals surface area contributed by atoms with Crippen LogP contribution in [-0.2, 0) is 9.59 Å². The summed E-state index contributed by atoms with van der Waals surface area (Å²) in [6.07, 6.45) is 4.15. The minimum Gasteiger partial charge on any atom is -0.481 e. The second kappa shape index (κ2) is 5.57. The highest BCUT2D eigenvalue weighted by atomic mass is 16.4. The van der Waals surface area contributed by atoms with Crippen LogP contribution in [0.1, 0.15) is 24.0 Å². The molecule has 102 valence electrons. The van der Waals surface area contributed by atoms with Crippen molar-refractivity contribution >= 4 is 18.0 Å². The molecule has 1 amide bonds. The number of nitrogens with zero attached hydrogens (tertiary/aromatic N) is 1. The highest BCUT2D eigenvalue weighted by Gasteiger charge is 2.50. The van der Waals surface area contributed by atoms with E-state index < -0.39 is 11.4 Å². The highest BCUT2D eigenvalue weighted by Crippen LogP contribution is 2.45. The van der Waals surface area contributed by atoms with E-state index in [1.54, 1.807) is 30.3 Å². The SMILES string of the molecule is N#Cc1cccc(/C=C/C(=O)NCC2(C(=O)O)CC2)c1. The molecule has 1 aliphatic carbocycles. The minimum atomic E-state index is -0.858. The summed E-state index contributed by atoms with van der Waals surface area (Å²) in [6, 6.07) is 8.89. The summed E-state index contributed by atoms with van der Waals surface area (Å²) in [5.74, 6) is -1.19. The molecule has 0 radical (unpaired) electrons. The second-order valence-corrected chi connectivity index (χ2v) is 4.87. The van der Waals surface area contributed by atoms with Crippen LogP contribution in [0.5, 0.6) is 0 Å². The Balaban J connectivity index is 1.90. The van der Waals surface area contributed by atoms with Crippen molar-refractivity contribution in [2.75, 3.05) is 6.54 Å². The lowest BCUT2D eigenvalue weighted by Gasteiger charge is -2.09. The lowest BCUT2D eigenvalue weighted by molar-refractivity contribution is -0.143. The number of carboxylic acids is 1. The molecule has 0 heterocycles. The van der Waals surface area contributed by atoms with E-state index in [1.165, 1.54) is 6.08 Å². The van der Waals surface area contributed by atoms with Crippen molar-refractivity contribution in [1.82, 2.24) is 5.32 Å². The van der Waals surface area contributed by atoms with Gasteiger partial charge >= 0.3 is 5.97 Å². The fourth-order valence-corrected chi connectivity index (χ4v) is 1.82. The molecule has 0 bridgehead atoms. The van der Waals surface area contributed by atoms with Crippen molar-refractivity contribution in [2.45, 2.75) is 12.8 Å². The zero-order valence-electron chi connectivity index (χ0n) is 10.8. The van der Waals surface area contributed by atoms with E-state index in [0.29, 0.717) is 18.4 Å². The molecular formula is C15H14N2O3. The molecule has 2 N–H and O–H groups in total. The largest absolute Gasteiger partial charge is 0.481 e. The first-order valence-corrected chi connectivity index (χ1v) is 6.25. The lowest BCUT2D eigenvalue weighted by Crippen LogP contribution is -2.33. The monoisotopic (exact) mass is 270 g/mol. The Hall–Kier alpha value is -2.61. The van der Waals surface area contributed by atoms with E-state index in [1.807, 2.05) is 6.07 Å². The fourth-order valence-electron chi connectivity index (χ4n) is 1.82. The normalized spacial score (nSPS) is 15.6. The van der Waals surface area contributed by atoms with Gasteiger partial charge in [0.2, 0.25) is 5.91 Å². The third-order valence-corrected chi connectivity index (χ3v) is 3.35. The molecule has 1 fully saturated rings. The number of hydrogen-bond acceptors (Lipinski definition) is 3. The molecule has 0 saturated heterocycles. The van der Waals surface area contributed by atoms with E-state index in [9.17, 15) is 9.59 Å². The number of amides is 1. The lowest BCUT2D eigenvalue weighted by atomic mass is 10.1. The van der Waals surface area contributed by atoms with E-state index in [0.717, 1.165) is 5.56 Å². The van der Waals surface area contributed by atoms with Crippen molar-refractivity contribution < 1.29 is 14.7 Å². The van der Waals surface area contributed by atoms with Gasteiger partial charge in [-0.1, -0.05) is 12.1 Å². The Morgan fingerprint density at radius 3 is 2.80 bits per heavy atom. The third-order valence-electron chi connectivity index (χ3n) is 3.35. The van der Waals surface area contributed by atoms with Crippen molar-refractivity contribution in [3.8, 4) is 6.07 Å². The number of benzene rings is 1. The van der Waals surface area contributed by atoms with Gasteiger partial charge in [-0.25, -0.2) is 0 Å². The number of carboxylic acid groups (broad SMARTS) is 1. The van der Waals surface area contributed by atoms with Crippen molar-refractivity contribution in [2.24, 2.45) is 5.41 Å². The van der Waals surface area contributed by atoms with Crippen LogP contribution >= 0.6 is 0 Å². The van der Waals surface area contributed by atoms with Crippen LogP contribution in [0.4, 0.5) is 0 Å². The summed E-state index contributed by atoms with van der Waals surface area (Å²) in [6.45, 7) is 0.156. The minimum absolute atomic E-state index is 0.156.